The molecule has 1 N–H and O–H groups in total. The van der Waals surface area contributed by atoms with E-state index in [1.54, 1.807) is 44.7 Å². The first-order valence-electron chi connectivity index (χ1n) is 10.8. The van der Waals surface area contributed by atoms with Crippen LogP contribution in [-0.2, 0) is 0 Å². The van der Waals surface area contributed by atoms with Crippen molar-refractivity contribution in [2.24, 2.45) is 0 Å². The summed E-state index contributed by atoms with van der Waals surface area (Å²) in [6.07, 6.45) is 1.68. The lowest BCUT2D eigenvalue weighted by molar-refractivity contribution is 0.0923. The van der Waals surface area contributed by atoms with Crippen LogP contribution in [0.25, 0.3) is 0 Å². The Morgan fingerprint density at radius 1 is 0.938 bits per heavy atom. The maximum atomic E-state index is 12.7. The van der Waals surface area contributed by atoms with Crippen molar-refractivity contribution < 1.29 is 18.7 Å². The molecule has 1 fully saturated rings. The maximum Gasteiger partial charge on any atom is 0.251 e. The number of amides is 1. The second kappa shape index (κ2) is 10.2. The van der Waals surface area contributed by atoms with E-state index in [2.05, 4.69) is 27.2 Å². The second-order valence-corrected chi connectivity index (χ2v) is 7.69. The monoisotopic (exact) mass is 435 g/mol. The van der Waals surface area contributed by atoms with Gasteiger partial charge in [0.15, 0.2) is 0 Å². The molecule has 0 aliphatic carbocycles. The molecular weight excluding hydrogens is 406 g/mol. The lowest BCUT2D eigenvalue weighted by Crippen LogP contribution is -2.49. The van der Waals surface area contributed by atoms with Crippen LogP contribution in [-0.4, -0.2) is 57.8 Å². The highest BCUT2D eigenvalue weighted by molar-refractivity contribution is 5.94. The first-order chi connectivity index (χ1) is 15.7. The van der Waals surface area contributed by atoms with Crippen molar-refractivity contribution in [1.82, 2.24) is 10.2 Å². The number of furan rings is 1. The fraction of sp³-hybridized carbons (Fsp3) is 0.320. The quantitative estimate of drug-likeness (QED) is 0.583. The minimum atomic E-state index is -0.110. The van der Waals surface area contributed by atoms with Crippen molar-refractivity contribution in [2.45, 2.75) is 6.04 Å². The Hall–Kier alpha value is -3.45. The standard InChI is InChI=1S/C25H29N3O4/c1-30-21-9-5-19(6-10-21)25(29)26-18-23(24-4-3-17-32-24)28-15-13-27(14-16-28)20-7-11-22(31-2)12-8-20/h3-12,17,23H,13-16,18H2,1-2H3,(H,26,29). The highest BCUT2D eigenvalue weighted by atomic mass is 16.5. The summed E-state index contributed by atoms with van der Waals surface area (Å²) in [6, 6.07) is 19.1. The zero-order valence-electron chi connectivity index (χ0n) is 18.5. The molecule has 0 radical (unpaired) electrons. The first-order valence-corrected chi connectivity index (χ1v) is 10.8. The predicted octanol–water partition coefficient (Wildman–Crippen LogP) is 3.59. The third-order valence-corrected chi connectivity index (χ3v) is 5.87. The van der Waals surface area contributed by atoms with Gasteiger partial charge in [0.1, 0.15) is 17.3 Å². The Bertz CT molecular complexity index is 979. The van der Waals surface area contributed by atoms with Crippen LogP contribution >= 0.6 is 0 Å². The molecule has 1 saturated heterocycles. The van der Waals surface area contributed by atoms with Crippen molar-refractivity contribution in [3.8, 4) is 11.5 Å². The molecule has 1 aliphatic heterocycles. The van der Waals surface area contributed by atoms with Gasteiger partial charge in [-0.3, -0.25) is 9.69 Å². The molecule has 1 unspecified atom stereocenters. The van der Waals surface area contributed by atoms with Gasteiger partial charge in [0, 0.05) is 44.0 Å². The summed E-state index contributed by atoms with van der Waals surface area (Å²) in [7, 11) is 3.29. The molecule has 1 aliphatic rings. The number of methoxy groups -OCH3 is 2. The van der Waals surface area contributed by atoms with Crippen LogP contribution in [0.2, 0.25) is 0 Å². The van der Waals surface area contributed by atoms with E-state index in [1.165, 1.54) is 5.69 Å². The largest absolute Gasteiger partial charge is 0.497 e. The minimum Gasteiger partial charge on any atom is -0.497 e. The molecule has 2 heterocycles. The Kier molecular flexibility index (Phi) is 6.97. The van der Waals surface area contributed by atoms with E-state index >= 15 is 0 Å². The molecule has 1 amide bonds. The van der Waals surface area contributed by atoms with E-state index in [0.29, 0.717) is 12.1 Å². The van der Waals surface area contributed by atoms with Crippen LogP contribution in [0.5, 0.6) is 11.5 Å². The summed E-state index contributed by atoms with van der Waals surface area (Å²) >= 11 is 0. The molecule has 168 valence electrons. The number of nitrogens with one attached hydrogen (secondary N) is 1. The van der Waals surface area contributed by atoms with Gasteiger partial charge >= 0.3 is 0 Å². The third-order valence-electron chi connectivity index (χ3n) is 5.87. The third kappa shape index (κ3) is 5.06. The van der Waals surface area contributed by atoms with Gasteiger partial charge in [0.25, 0.3) is 5.91 Å². The SMILES string of the molecule is COc1ccc(C(=O)NCC(c2ccco2)N2CCN(c3ccc(OC)cc3)CC2)cc1. The summed E-state index contributed by atoms with van der Waals surface area (Å²) in [5, 5.41) is 3.07. The molecule has 4 rings (SSSR count). The lowest BCUT2D eigenvalue weighted by atomic mass is 10.1. The number of rotatable bonds is 8. The number of ether oxygens (including phenoxy) is 2. The van der Waals surface area contributed by atoms with Crippen molar-refractivity contribution in [2.75, 3.05) is 51.8 Å². The van der Waals surface area contributed by atoms with Gasteiger partial charge in [-0.2, -0.15) is 0 Å². The number of piperazine rings is 1. The van der Waals surface area contributed by atoms with E-state index in [1.807, 2.05) is 24.3 Å². The van der Waals surface area contributed by atoms with Crippen LogP contribution in [0.4, 0.5) is 5.69 Å². The summed E-state index contributed by atoms with van der Waals surface area (Å²) in [5.74, 6) is 2.33. The van der Waals surface area contributed by atoms with Gasteiger partial charge in [0.05, 0.1) is 26.5 Å². The van der Waals surface area contributed by atoms with Gasteiger partial charge < -0.3 is 24.1 Å². The number of benzene rings is 2. The molecule has 32 heavy (non-hydrogen) atoms. The number of carbonyl (C=O) groups excluding carboxylic acids is 1. The molecule has 0 spiro atoms. The molecule has 2 aromatic carbocycles. The van der Waals surface area contributed by atoms with E-state index in [0.717, 1.165) is 43.4 Å². The van der Waals surface area contributed by atoms with Gasteiger partial charge in [-0.05, 0) is 60.7 Å². The van der Waals surface area contributed by atoms with Crippen molar-refractivity contribution in [3.63, 3.8) is 0 Å². The van der Waals surface area contributed by atoms with Crippen molar-refractivity contribution >= 4 is 11.6 Å². The molecule has 3 aromatic rings. The average Bonchev–Trinajstić information content (AvgIpc) is 3.39. The topological polar surface area (TPSA) is 67.2 Å². The minimum absolute atomic E-state index is 0.0229. The van der Waals surface area contributed by atoms with Gasteiger partial charge in [-0.15, -0.1) is 0 Å². The molecular formula is C25H29N3O4. The normalized spacial score (nSPS) is 15.2. The molecule has 1 atom stereocenters. The van der Waals surface area contributed by atoms with Crippen LogP contribution in [0.15, 0.2) is 71.3 Å². The lowest BCUT2D eigenvalue weighted by Gasteiger charge is -2.39. The molecule has 0 saturated carbocycles. The van der Waals surface area contributed by atoms with Crippen LogP contribution in [0.3, 0.4) is 0 Å². The smallest absolute Gasteiger partial charge is 0.251 e. The van der Waals surface area contributed by atoms with Gasteiger partial charge in [0.2, 0.25) is 0 Å². The highest BCUT2D eigenvalue weighted by Crippen LogP contribution is 2.25. The van der Waals surface area contributed by atoms with Crippen molar-refractivity contribution in [3.05, 3.63) is 78.3 Å². The zero-order valence-corrected chi connectivity index (χ0v) is 18.5. The first kappa shape index (κ1) is 21.8. The van der Waals surface area contributed by atoms with Gasteiger partial charge in [-0.25, -0.2) is 0 Å². The Labute approximate surface area is 188 Å². The fourth-order valence-electron chi connectivity index (χ4n) is 4.01. The highest BCUT2D eigenvalue weighted by Gasteiger charge is 2.27. The Morgan fingerprint density at radius 2 is 1.56 bits per heavy atom. The fourth-order valence-corrected chi connectivity index (χ4v) is 4.01. The van der Waals surface area contributed by atoms with Crippen LogP contribution < -0.4 is 19.7 Å². The molecule has 7 heteroatoms. The van der Waals surface area contributed by atoms with Gasteiger partial charge in [-0.1, -0.05) is 0 Å². The van der Waals surface area contributed by atoms with E-state index < -0.39 is 0 Å². The molecule has 1 aromatic heterocycles. The number of hydrogen-bond acceptors (Lipinski definition) is 6. The Balaban J connectivity index is 1.38. The number of anilines is 1. The number of hydrogen-bond donors (Lipinski definition) is 1. The van der Waals surface area contributed by atoms with E-state index in [-0.39, 0.29) is 11.9 Å². The molecule has 0 bridgehead atoms. The van der Waals surface area contributed by atoms with E-state index in [4.69, 9.17) is 13.9 Å². The number of nitrogens with zero attached hydrogens (tertiary/aromatic N) is 2. The maximum absolute atomic E-state index is 12.7. The van der Waals surface area contributed by atoms with E-state index in [9.17, 15) is 4.79 Å². The Morgan fingerprint density at radius 3 is 2.12 bits per heavy atom. The molecule has 7 nitrogen and oxygen atoms in total. The number of carbonyl (C=O) groups is 1. The van der Waals surface area contributed by atoms with Crippen LogP contribution in [0.1, 0.15) is 22.2 Å². The second-order valence-electron chi connectivity index (χ2n) is 7.69. The summed E-state index contributed by atoms with van der Waals surface area (Å²) in [5.41, 5.74) is 1.79. The summed E-state index contributed by atoms with van der Waals surface area (Å²) in [4.78, 5) is 17.4. The average molecular weight is 436 g/mol. The van der Waals surface area contributed by atoms with Crippen molar-refractivity contribution in [1.29, 1.82) is 0 Å². The summed E-state index contributed by atoms with van der Waals surface area (Å²) in [6.45, 7) is 4.01. The zero-order chi connectivity index (χ0) is 22.3. The predicted molar refractivity (Wildman–Crippen MR) is 124 cm³/mol. The van der Waals surface area contributed by atoms with Crippen LogP contribution in [0, 0.1) is 0 Å². The summed E-state index contributed by atoms with van der Waals surface area (Å²) < 4.78 is 16.1.